The molecule has 0 saturated heterocycles. The van der Waals surface area contributed by atoms with Crippen LogP contribution in [0, 0.1) is 0 Å². The molecule has 0 amide bonds. The van der Waals surface area contributed by atoms with Gasteiger partial charge in [0.25, 0.3) is 0 Å². The van der Waals surface area contributed by atoms with Crippen LogP contribution in [0.3, 0.4) is 0 Å². The molecule has 2 heteroatoms. The third-order valence-electron chi connectivity index (χ3n) is 1.47. The van der Waals surface area contributed by atoms with Gasteiger partial charge in [-0.05, 0) is 11.1 Å². The van der Waals surface area contributed by atoms with Crippen molar-refractivity contribution in [2.24, 2.45) is 5.90 Å². The van der Waals surface area contributed by atoms with Crippen molar-refractivity contribution in [1.82, 2.24) is 0 Å². The maximum atomic E-state index is 4.91. The van der Waals surface area contributed by atoms with Gasteiger partial charge < -0.3 is 0 Å². The summed E-state index contributed by atoms with van der Waals surface area (Å²) in [5.74, 6) is 4.91. The second kappa shape index (κ2) is 3.91. The summed E-state index contributed by atoms with van der Waals surface area (Å²) in [5.41, 5.74) is 2.17. The number of hydrogen-bond acceptors (Lipinski definition) is 2. The molecule has 0 saturated carbocycles. The molecule has 1 aromatic rings. The zero-order chi connectivity index (χ0) is 8.10. The molecule has 0 aromatic heterocycles. The van der Waals surface area contributed by atoms with Crippen LogP contribution in [-0.2, 0) is 11.4 Å². The molecular formula is C9H11NO. The Morgan fingerprint density at radius 1 is 1.36 bits per heavy atom. The van der Waals surface area contributed by atoms with Crippen LogP contribution in [0.2, 0.25) is 0 Å². The van der Waals surface area contributed by atoms with E-state index in [1.165, 1.54) is 0 Å². The highest BCUT2D eigenvalue weighted by molar-refractivity contribution is 5.47. The zero-order valence-corrected chi connectivity index (χ0v) is 6.29. The molecule has 0 bridgehead atoms. The number of benzene rings is 1. The first kappa shape index (κ1) is 7.98. The van der Waals surface area contributed by atoms with Gasteiger partial charge in [0.05, 0.1) is 6.61 Å². The zero-order valence-electron chi connectivity index (χ0n) is 6.29. The first-order valence-electron chi connectivity index (χ1n) is 3.40. The summed E-state index contributed by atoms with van der Waals surface area (Å²) in [7, 11) is 0. The summed E-state index contributed by atoms with van der Waals surface area (Å²) < 4.78 is 0. The molecule has 1 rings (SSSR count). The Hall–Kier alpha value is -1.12. The molecule has 0 aliphatic carbocycles. The average molecular weight is 149 g/mol. The van der Waals surface area contributed by atoms with Crippen LogP contribution in [0.5, 0.6) is 0 Å². The van der Waals surface area contributed by atoms with Crippen molar-refractivity contribution < 1.29 is 4.84 Å². The van der Waals surface area contributed by atoms with Crippen molar-refractivity contribution in [3.05, 3.63) is 42.0 Å². The average Bonchev–Trinajstić information content (AvgIpc) is 2.07. The van der Waals surface area contributed by atoms with Crippen LogP contribution in [-0.4, -0.2) is 0 Å². The van der Waals surface area contributed by atoms with Gasteiger partial charge >= 0.3 is 0 Å². The van der Waals surface area contributed by atoms with Crippen molar-refractivity contribution in [1.29, 1.82) is 0 Å². The predicted octanol–water partition coefficient (Wildman–Crippen LogP) is 1.72. The Labute approximate surface area is 66.2 Å². The number of nitrogens with two attached hydrogens (primary N) is 1. The lowest BCUT2D eigenvalue weighted by Gasteiger charge is -1.98. The van der Waals surface area contributed by atoms with Crippen molar-refractivity contribution in [3.8, 4) is 0 Å². The van der Waals surface area contributed by atoms with E-state index in [9.17, 15) is 0 Å². The Kier molecular flexibility index (Phi) is 2.83. The summed E-state index contributed by atoms with van der Waals surface area (Å²) in [6.07, 6.45) is 1.80. The highest BCUT2D eigenvalue weighted by Crippen LogP contribution is 2.05. The number of hydrogen-bond donors (Lipinski definition) is 1. The van der Waals surface area contributed by atoms with Gasteiger partial charge in [0, 0.05) is 0 Å². The maximum Gasteiger partial charge on any atom is 0.0930 e. The second-order valence-electron chi connectivity index (χ2n) is 2.26. The molecule has 0 atom stereocenters. The first-order chi connectivity index (χ1) is 5.36. The fourth-order valence-electron chi connectivity index (χ4n) is 0.846. The van der Waals surface area contributed by atoms with Crippen molar-refractivity contribution >= 4 is 6.08 Å². The number of rotatable bonds is 3. The third kappa shape index (κ3) is 2.18. The summed E-state index contributed by atoms with van der Waals surface area (Å²) in [5, 5.41) is 0. The van der Waals surface area contributed by atoms with Crippen LogP contribution in [0.1, 0.15) is 11.1 Å². The van der Waals surface area contributed by atoms with Gasteiger partial charge in [-0.2, -0.15) is 0 Å². The molecular weight excluding hydrogens is 138 g/mol. The smallest absolute Gasteiger partial charge is 0.0930 e. The quantitative estimate of drug-likeness (QED) is 0.664. The van der Waals surface area contributed by atoms with E-state index in [-0.39, 0.29) is 0 Å². The SMILES string of the molecule is C=Cc1ccc(CON)cc1. The highest BCUT2D eigenvalue weighted by Gasteiger charge is 1.89. The molecule has 0 radical (unpaired) electrons. The van der Waals surface area contributed by atoms with Crippen molar-refractivity contribution in [3.63, 3.8) is 0 Å². The second-order valence-corrected chi connectivity index (χ2v) is 2.26. The summed E-state index contributed by atoms with van der Waals surface area (Å²) in [6, 6.07) is 7.87. The lowest BCUT2D eigenvalue weighted by molar-refractivity contribution is 0.124. The summed E-state index contributed by atoms with van der Waals surface area (Å²) in [6.45, 7) is 4.11. The van der Waals surface area contributed by atoms with Gasteiger partial charge in [0.2, 0.25) is 0 Å². The maximum absolute atomic E-state index is 4.91. The minimum absolute atomic E-state index is 0.456. The normalized spacial score (nSPS) is 9.55. The molecule has 0 aliphatic heterocycles. The molecule has 0 fully saturated rings. The van der Waals surface area contributed by atoms with E-state index < -0.39 is 0 Å². The highest BCUT2D eigenvalue weighted by atomic mass is 16.6. The van der Waals surface area contributed by atoms with E-state index in [0.717, 1.165) is 11.1 Å². The lowest BCUT2D eigenvalue weighted by atomic mass is 10.1. The Morgan fingerprint density at radius 3 is 2.45 bits per heavy atom. The van der Waals surface area contributed by atoms with Crippen LogP contribution in [0.15, 0.2) is 30.8 Å². The van der Waals surface area contributed by atoms with Crippen LogP contribution < -0.4 is 5.90 Å². The van der Waals surface area contributed by atoms with E-state index in [1.807, 2.05) is 24.3 Å². The fraction of sp³-hybridized carbons (Fsp3) is 0.111. The standard InChI is InChI=1S/C9H11NO/c1-2-8-3-5-9(6-4-8)7-11-10/h2-6H,1,7,10H2. The molecule has 0 unspecified atom stereocenters. The minimum atomic E-state index is 0.456. The lowest BCUT2D eigenvalue weighted by Crippen LogP contribution is -1.98. The third-order valence-corrected chi connectivity index (χ3v) is 1.47. The van der Waals surface area contributed by atoms with Crippen molar-refractivity contribution in [2.45, 2.75) is 6.61 Å². The van der Waals surface area contributed by atoms with E-state index in [4.69, 9.17) is 5.90 Å². The Balaban J connectivity index is 2.74. The van der Waals surface area contributed by atoms with Gasteiger partial charge in [-0.15, -0.1) is 0 Å². The Bertz CT molecular complexity index is 228. The monoisotopic (exact) mass is 149 g/mol. The molecule has 0 heterocycles. The summed E-state index contributed by atoms with van der Waals surface area (Å²) >= 11 is 0. The van der Waals surface area contributed by atoms with Crippen molar-refractivity contribution in [2.75, 3.05) is 0 Å². The van der Waals surface area contributed by atoms with Crippen LogP contribution in [0.4, 0.5) is 0 Å². The van der Waals surface area contributed by atoms with Gasteiger partial charge in [-0.3, -0.25) is 4.84 Å². The molecule has 1 aromatic carbocycles. The summed E-state index contributed by atoms with van der Waals surface area (Å²) in [4.78, 5) is 4.48. The van der Waals surface area contributed by atoms with Gasteiger partial charge in [0.1, 0.15) is 0 Å². The van der Waals surface area contributed by atoms with E-state index in [2.05, 4.69) is 11.4 Å². The predicted molar refractivity (Wildman–Crippen MR) is 45.5 cm³/mol. The molecule has 58 valence electrons. The van der Waals surface area contributed by atoms with Crippen LogP contribution >= 0.6 is 0 Å². The van der Waals surface area contributed by atoms with E-state index in [0.29, 0.717) is 6.61 Å². The fourth-order valence-corrected chi connectivity index (χ4v) is 0.846. The van der Waals surface area contributed by atoms with Gasteiger partial charge in [0.15, 0.2) is 0 Å². The molecule has 0 aliphatic rings. The van der Waals surface area contributed by atoms with Crippen LogP contribution in [0.25, 0.3) is 6.08 Å². The Morgan fingerprint density at radius 2 is 2.00 bits per heavy atom. The van der Waals surface area contributed by atoms with Gasteiger partial charge in [-0.1, -0.05) is 36.9 Å². The molecule has 11 heavy (non-hydrogen) atoms. The molecule has 2 nitrogen and oxygen atoms in total. The molecule has 2 N–H and O–H groups in total. The van der Waals surface area contributed by atoms with E-state index in [1.54, 1.807) is 6.08 Å². The van der Waals surface area contributed by atoms with Gasteiger partial charge in [-0.25, -0.2) is 5.90 Å². The largest absolute Gasteiger partial charge is 0.300 e. The minimum Gasteiger partial charge on any atom is -0.300 e. The molecule has 0 spiro atoms. The topological polar surface area (TPSA) is 35.2 Å². The first-order valence-corrected chi connectivity index (χ1v) is 3.40. The van der Waals surface area contributed by atoms with E-state index >= 15 is 0 Å².